The van der Waals surface area contributed by atoms with Crippen LogP contribution in [0.25, 0.3) is 0 Å². The fourth-order valence-electron chi connectivity index (χ4n) is 11.0. The molecule has 3 N–H and O–H groups in total. The number of aliphatic hydroxyl groups is 1. The largest absolute Gasteiger partial charge is 0.472 e. The van der Waals surface area contributed by atoms with Crippen LogP contribution in [-0.4, -0.2) is 96.7 Å². The third kappa shape index (κ3) is 65.4. The van der Waals surface area contributed by atoms with Crippen LogP contribution in [0.5, 0.6) is 0 Å². The van der Waals surface area contributed by atoms with Gasteiger partial charge in [-0.25, -0.2) is 9.13 Å². The molecule has 92 heavy (non-hydrogen) atoms. The monoisotopic (exact) mass is 1350 g/mol. The number of hydrogen-bond donors (Lipinski definition) is 3. The number of esters is 4. The van der Waals surface area contributed by atoms with Gasteiger partial charge >= 0.3 is 39.5 Å². The molecule has 0 bridgehead atoms. The molecule has 0 radical (unpaired) electrons. The lowest BCUT2D eigenvalue weighted by Gasteiger charge is -2.21. The lowest BCUT2D eigenvalue weighted by atomic mass is 9.99. The predicted octanol–water partition coefficient (Wildman–Crippen LogP) is 20.9. The van der Waals surface area contributed by atoms with Gasteiger partial charge in [0.1, 0.15) is 19.3 Å². The van der Waals surface area contributed by atoms with Gasteiger partial charge in [0, 0.05) is 25.7 Å². The van der Waals surface area contributed by atoms with E-state index in [9.17, 15) is 43.2 Å². The van der Waals surface area contributed by atoms with Gasteiger partial charge in [0.25, 0.3) is 0 Å². The van der Waals surface area contributed by atoms with E-state index in [0.29, 0.717) is 37.5 Å². The first-order valence-corrected chi connectivity index (χ1v) is 40.7. The quantitative estimate of drug-likeness (QED) is 0.0222. The molecule has 0 aromatic carbocycles. The molecule has 17 nitrogen and oxygen atoms in total. The fourth-order valence-corrected chi connectivity index (χ4v) is 12.6. The van der Waals surface area contributed by atoms with Crippen molar-refractivity contribution in [1.82, 2.24) is 0 Å². The van der Waals surface area contributed by atoms with E-state index in [1.54, 1.807) is 0 Å². The lowest BCUT2D eigenvalue weighted by molar-refractivity contribution is -0.161. The molecule has 0 aromatic heterocycles. The zero-order valence-electron chi connectivity index (χ0n) is 60.2. The van der Waals surface area contributed by atoms with Gasteiger partial charge in [0.15, 0.2) is 12.2 Å². The van der Waals surface area contributed by atoms with Crippen LogP contribution in [0.1, 0.15) is 364 Å². The Balaban J connectivity index is 5.20. The Morgan fingerprint density at radius 2 is 0.522 bits per heavy atom. The molecular weight excluding hydrogens is 1210 g/mol. The highest BCUT2D eigenvalue weighted by Gasteiger charge is 2.30. The number of ether oxygens (including phenoxy) is 4. The average Bonchev–Trinajstić information content (AvgIpc) is 2.76. The second-order valence-electron chi connectivity index (χ2n) is 28.0. The van der Waals surface area contributed by atoms with Gasteiger partial charge in [-0.05, 0) is 49.4 Å². The molecule has 6 atom stereocenters. The minimum atomic E-state index is -4.96. The van der Waals surface area contributed by atoms with Crippen LogP contribution in [0.3, 0.4) is 0 Å². The number of phosphoric ester groups is 2. The summed E-state index contributed by atoms with van der Waals surface area (Å²) in [5.41, 5.74) is 0. The summed E-state index contributed by atoms with van der Waals surface area (Å²) in [5, 5.41) is 10.6. The third-order valence-corrected chi connectivity index (χ3v) is 19.1. The Bertz CT molecular complexity index is 1820. The highest BCUT2D eigenvalue weighted by Crippen LogP contribution is 2.45. The SMILES string of the molecule is CCC(C)CCCCCCCCCCCCC(=O)O[C@H](COC(=O)CCCCCCCCCCCCCCCCCCC(C)C)COP(=O)(O)OCC(O)COP(=O)(O)OC[C@@H](COC(=O)CCCCCCCCCC(C)C)OC(=O)CCCCCCCCC(C)C. The molecule has 0 saturated carbocycles. The summed E-state index contributed by atoms with van der Waals surface area (Å²) in [7, 11) is -9.90. The van der Waals surface area contributed by atoms with Crippen molar-refractivity contribution in [2.45, 2.75) is 382 Å². The van der Waals surface area contributed by atoms with E-state index in [1.165, 1.54) is 161 Å². The molecule has 0 aliphatic rings. The molecule has 0 fully saturated rings. The molecule has 4 unspecified atom stereocenters. The van der Waals surface area contributed by atoms with Gasteiger partial charge in [0.05, 0.1) is 26.4 Å². The van der Waals surface area contributed by atoms with Crippen molar-refractivity contribution < 1.29 is 80.2 Å². The van der Waals surface area contributed by atoms with E-state index in [1.807, 2.05) is 0 Å². The van der Waals surface area contributed by atoms with Gasteiger partial charge in [0.2, 0.25) is 0 Å². The molecule has 0 aliphatic heterocycles. The Labute approximate surface area is 562 Å². The summed E-state index contributed by atoms with van der Waals surface area (Å²) in [6, 6.07) is 0. The second kappa shape index (κ2) is 62.6. The summed E-state index contributed by atoms with van der Waals surface area (Å²) < 4.78 is 68.3. The number of hydrogen-bond acceptors (Lipinski definition) is 15. The van der Waals surface area contributed by atoms with E-state index in [2.05, 4.69) is 55.4 Å². The number of rotatable bonds is 70. The molecule has 19 heteroatoms. The highest BCUT2D eigenvalue weighted by molar-refractivity contribution is 7.47. The molecule has 0 heterocycles. The fraction of sp³-hybridized carbons (Fsp3) is 0.945. The van der Waals surface area contributed by atoms with E-state index in [0.717, 1.165) is 108 Å². The van der Waals surface area contributed by atoms with Gasteiger partial charge in [-0.2, -0.15) is 0 Å². The third-order valence-electron chi connectivity index (χ3n) is 17.2. The van der Waals surface area contributed by atoms with Crippen LogP contribution < -0.4 is 0 Å². The van der Waals surface area contributed by atoms with Crippen LogP contribution >= 0.6 is 15.6 Å². The summed E-state index contributed by atoms with van der Waals surface area (Å²) in [6.45, 7) is 14.1. The van der Waals surface area contributed by atoms with Crippen LogP contribution in [-0.2, 0) is 65.4 Å². The first kappa shape index (κ1) is 90.1. The molecule has 0 aromatic rings. The zero-order valence-corrected chi connectivity index (χ0v) is 62.0. The van der Waals surface area contributed by atoms with Gasteiger partial charge < -0.3 is 33.8 Å². The van der Waals surface area contributed by atoms with Crippen molar-refractivity contribution in [3.05, 3.63) is 0 Å². The minimum absolute atomic E-state index is 0.101. The molecule has 546 valence electrons. The van der Waals surface area contributed by atoms with E-state index < -0.39 is 97.5 Å². The van der Waals surface area contributed by atoms with Crippen molar-refractivity contribution in [3.63, 3.8) is 0 Å². The number of unbranched alkanes of at least 4 members (excludes halogenated alkanes) is 35. The Morgan fingerprint density at radius 3 is 0.772 bits per heavy atom. The minimum Gasteiger partial charge on any atom is -0.462 e. The van der Waals surface area contributed by atoms with Crippen molar-refractivity contribution in [1.29, 1.82) is 0 Å². The number of carbonyl (C=O) groups is 4. The molecule has 0 rings (SSSR count). The second-order valence-corrected chi connectivity index (χ2v) is 30.9. The standard InChI is InChI=1S/C73H142O17P2/c1-9-66(8)52-44-36-27-21-18-19-23-29-39-47-55-72(77)89-68(59-83-70(75)53-45-37-28-22-17-15-13-11-10-12-14-16-20-25-33-41-49-63(2)3)61-87-91(79,80)85-57-67(74)58-86-92(81,82)88-62-69(90-73(78)56-48-40-32-31-35-43-51-65(6)7)60-84-71(76)54-46-38-30-24-26-34-42-50-64(4)5/h63-69,74H,9-62H2,1-8H3,(H,79,80)(H,81,82)/t66?,67?,68-,69-/m1/s1. The van der Waals surface area contributed by atoms with Crippen LogP contribution in [0.2, 0.25) is 0 Å². The van der Waals surface area contributed by atoms with Gasteiger partial charge in [-0.1, -0.05) is 312 Å². The van der Waals surface area contributed by atoms with Gasteiger partial charge in [-0.3, -0.25) is 37.3 Å². The van der Waals surface area contributed by atoms with Crippen LogP contribution in [0, 0.1) is 23.7 Å². The predicted molar refractivity (Wildman–Crippen MR) is 372 cm³/mol. The average molecular weight is 1350 g/mol. The summed E-state index contributed by atoms with van der Waals surface area (Å²) in [6.07, 6.45) is 46.1. The highest BCUT2D eigenvalue weighted by atomic mass is 31.2. The summed E-state index contributed by atoms with van der Waals surface area (Å²) in [5.74, 6) is 0.859. The first-order valence-electron chi connectivity index (χ1n) is 37.7. The Kier molecular flexibility index (Phi) is 61.3. The number of carbonyl (C=O) groups excluding carboxylic acids is 4. The van der Waals surface area contributed by atoms with Crippen molar-refractivity contribution in [2.24, 2.45) is 23.7 Å². The van der Waals surface area contributed by atoms with Crippen LogP contribution in [0.4, 0.5) is 0 Å². The van der Waals surface area contributed by atoms with Gasteiger partial charge in [-0.15, -0.1) is 0 Å². The molecule has 0 amide bonds. The molecular formula is C73H142O17P2. The normalized spacial score (nSPS) is 14.5. The lowest BCUT2D eigenvalue weighted by Crippen LogP contribution is -2.30. The van der Waals surface area contributed by atoms with E-state index >= 15 is 0 Å². The molecule has 0 aliphatic carbocycles. The first-order chi connectivity index (χ1) is 44.1. The smallest absolute Gasteiger partial charge is 0.462 e. The molecule has 0 saturated heterocycles. The zero-order chi connectivity index (χ0) is 68.2. The van der Waals surface area contributed by atoms with Crippen molar-refractivity contribution in [2.75, 3.05) is 39.6 Å². The van der Waals surface area contributed by atoms with Crippen LogP contribution in [0.15, 0.2) is 0 Å². The maximum atomic E-state index is 13.1. The van der Waals surface area contributed by atoms with E-state index in [4.69, 9.17) is 37.0 Å². The number of aliphatic hydroxyl groups excluding tert-OH is 1. The maximum Gasteiger partial charge on any atom is 0.472 e. The number of phosphoric acid groups is 2. The topological polar surface area (TPSA) is 237 Å². The molecule has 0 spiro atoms. The Morgan fingerprint density at radius 1 is 0.304 bits per heavy atom. The summed E-state index contributed by atoms with van der Waals surface area (Å²) >= 11 is 0. The Hall–Kier alpha value is -1.94. The van der Waals surface area contributed by atoms with Crippen molar-refractivity contribution in [3.8, 4) is 0 Å². The maximum absolute atomic E-state index is 13.1. The summed E-state index contributed by atoms with van der Waals surface area (Å²) in [4.78, 5) is 72.6. The van der Waals surface area contributed by atoms with Crippen molar-refractivity contribution >= 4 is 39.5 Å². The van der Waals surface area contributed by atoms with E-state index in [-0.39, 0.29) is 25.7 Å².